The zero-order valence-electron chi connectivity index (χ0n) is 10.6. The Bertz CT molecular complexity index is 455. The van der Waals surface area contributed by atoms with Crippen LogP contribution in [0.15, 0.2) is 16.6 Å². The number of fused-ring (bicyclic) bond motifs is 1. The normalized spacial score (nSPS) is 26.3. The van der Waals surface area contributed by atoms with Gasteiger partial charge < -0.3 is 14.8 Å². The minimum absolute atomic E-state index is 0.225. The molecule has 98 valence electrons. The molecule has 3 rings (SSSR count). The van der Waals surface area contributed by atoms with Crippen LogP contribution in [-0.4, -0.2) is 25.3 Å². The van der Waals surface area contributed by atoms with Gasteiger partial charge in [-0.1, -0.05) is 0 Å². The molecule has 18 heavy (non-hydrogen) atoms. The van der Waals surface area contributed by atoms with Crippen LogP contribution in [0.2, 0.25) is 0 Å². The molecule has 0 radical (unpaired) electrons. The third-order valence-electron chi connectivity index (χ3n) is 3.71. The lowest BCUT2D eigenvalue weighted by Crippen LogP contribution is -2.38. The van der Waals surface area contributed by atoms with E-state index in [1.165, 1.54) is 18.4 Å². The second-order valence-electron chi connectivity index (χ2n) is 5.37. The van der Waals surface area contributed by atoms with Gasteiger partial charge in [0, 0.05) is 5.54 Å². The number of rotatable bonds is 2. The Kier molecular flexibility index (Phi) is 3.24. The van der Waals surface area contributed by atoms with Crippen LogP contribution in [0.5, 0.6) is 11.5 Å². The molecule has 1 aromatic rings. The Labute approximate surface area is 116 Å². The van der Waals surface area contributed by atoms with Crippen molar-refractivity contribution in [1.29, 1.82) is 0 Å². The molecule has 1 saturated heterocycles. The van der Waals surface area contributed by atoms with E-state index in [4.69, 9.17) is 9.47 Å². The first-order valence-corrected chi connectivity index (χ1v) is 7.29. The van der Waals surface area contributed by atoms with Crippen LogP contribution in [-0.2, 0) is 6.42 Å². The number of halogens is 1. The molecule has 2 aliphatic heterocycles. The van der Waals surface area contributed by atoms with Crippen molar-refractivity contribution in [3.8, 4) is 11.5 Å². The van der Waals surface area contributed by atoms with E-state index >= 15 is 0 Å². The number of hydrogen-bond acceptors (Lipinski definition) is 3. The lowest BCUT2D eigenvalue weighted by molar-refractivity contribution is 0.170. The second-order valence-corrected chi connectivity index (χ2v) is 6.22. The van der Waals surface area contributed by atoms with Gasteiger partial charge >= 0.3 is 0 Å². The van der Waals surface area contributed by atoms with Crippen molar-refractivity contribution in [2.24, 2.45) is 0 Å². The van der Waals surface area contributed by atoms with Gasteiger partial charge in [-0.3, -0.25) is 0 Å². The summed E-state index contributed by atoms with van der Waals surface area (Å²) in [7, 11) is 0. The van der Waals surface area contributed by atoms with Gasteiger partial charge in [-0.25, -0.2) is 0 Å². The number of hydrogen-bond donors (Lipinski definition) is 1. The summed E-state index contributed by atoms with van der Waals surface area (Å²) in [6.07, 6.45) is 3.53. The van der Waals surface area contributed by atoms with Gasteiger partial charge in [-0.15, -0.1) is 0 Å². The monoisotopic (exact) mass is 311 g/mol. The molecule has 4 heteroatoms. The van der Waals surface area contributed by atoms with Crippen LogP contribution in [0, 0.1) is 0 Å². The first kappa shape index (κ1) is 12.3. The van der Waals surface area contributed by atoms with Gasteiger partial charge in [0.05, 0.1) is 4.47 Å². The predicted molar refractivity (Wildman–Crippen MR) is 74.5 cm³/mol. The summed E-state index contributed by atoms with van der Waals surface area (Å²) >= 11 is 3.57. The van der Waals surface area contributed by atoms with Gasteiger partial charge in [-0.2, -0.15) is 0 Å². The average Bonchev–Trinajstić information content (AvgIpc) is 2.76. The van der Waals surface area contributed by atoms with E-state index < -0.39 is 0 Å². The SMILES string of the molecule is CC1(Cc2cc(Br)c3c(c2)OCCO3)CCCN1. The highest BCUT2D eigenvalue weighted by Crippen LogP contribution is 2.39. The molecule has 1 fully saturated rings. The molecule has 0 amide bonds. The summed E-state index contributed by atoms with van der Waals surface area (Å²) in [5.74, 6) is 1.71. The second kappa shape index (κ2) is 4.74. The number of benzene rings is 1. The molecule has 0 spiro atoms. The molecule has 3 nitrogen and oxygen atoms in total. The van der Waals surface area contributed by atoms with E-state index in [9.17, 15) is 0 Å². The topological polar surface area (TPSA) is 30.5 Å². The molecular weight excluding hydrogens is 294 g/mol. The molecule has 1 unspecified atom stereocenters. The minimum Gasteiger partial charge on any atom is -0.486 e. The summed E-state index contributed by atoms with van der Waals surface area (Å²) < 4.78 is 12.3. The Balaban J connectivity index is 1.86. The third kappa shape index (κ3) is 2.36. The Morgan fingerprint density at radius 2 is 2.17 bits per heavy atom. The first-order chi connectivity index (χ1) is 8.66. The average molecular weight is 312 g/mol. The standard InChI is InChI=1S/C14H18BrNO2/c1-14(3-2-4-16-14)9-10-7-11(15)13-12(8-10)17-5-6-18-13/h7-8,16H,2-6,9H2,1H3. The maximum Gasteiger partial charge on any atom is 0.175 e. The van der Waals surface area contributed by atoms with E-state index in [1.807, 2.05) is 0 Å². The molecular formula is C14H18BrNO2. The van der Waals surface area contributed by atoms with E-state index in [1.54, 1.807) is 0 Å². The Hall–Kier alpha value is -0.740. The smallest absolute Gasteiger partial charge is 0.175 e. The Morgan fingerprint density at radius 3 is 2.94 bits per heavy atom. The fourth-order valence-electron chi connectivity index (χ4n) is 2.82. The van der Waals surface area contributed by atoms with Crippen LogP contribution in [0.1, 0.15) is 25.3 Å². The van der Waals surface area contributed by atoms with Crippen molar-refractivity contribution in [1.82, 2.24) is 5.32 Å². The lowest BCUT2D eigenvalue weighted by atomic mass is 9.91. The molecule has 1 aromatic carbocycles. The van der Waals surface area contributed by atoms with E-state index in [-0.39, 0.29) is 5.54 Å². The molecule has 2 heterocycles. The van der Waals surface area contributed by atoms with Gasteiger partial charge in [0.1, 0.15) is 13.2 Å². The van der Waals surface area contributed by atoms with Crippen molar-refractivity contribution in [2.75, 3.05) is 19.8 Å². The minimum atomic E-state index is 0.225. The quantitative estimate of drug-likeness (QED) is 0.911. The van der Waals surface area contributed by atoms with E-state index in [0.717, 1.165) is 28.9 Å². The molecule has 0 bridgehead atoms. The van der Waals surface area contributed by atoms with Crippen molar-refractivity contribution < 1.29 is 9.47 Å². The zero-order chi connectivity index (χ0) is 12.6. The summed E-state index contributed by atoms with van der Waals surface area (Å²) in [6, 6.07) is 4.27. The van der Waals surface area contributed by atoms with Gasteiger partial charge in [0.2, 0.25) is 0 Å². The van der Waals surface area contributed by atoms with Crippen molar-refractivity contribution in [3.63, 3.8) is 0 Å². The van der Waals surface area contributed by atoms with Crippen LogP contribution in [0.4, 0.5) is 0 Å². The van der Waals surface area contributed by atoms with Gasteiger partial charge in [0.15, 0.2) is 11.5 Å². The number of ether oxygens (including phenoxy) is 2. The maximum absolute atomic E-state index is 5.67. The van der Waals surface area contributed by atoms with Crippen molar-refractivity contribution in [2.45, 2.75) is 31.7 Å². The Morgan fingerprint density at radius 1 is 1.33 bits per heavy atom. The summed E-state index contributed by atoms with van der Waals surface area (Å²) in [4.78, 5) is 0. The van der Waals surface area contributed by atoms with Crippen LogP contribution >= 0.6 is 15.9 Å². The fraction of sp³-hybridized carbons (Fsp3) is 0.571. The van der Waals surface area contributed by atoms with Crippen LogP contribution in [0.25, 0.3) is 0 Å². The van der Waals surface area contributed by atoms with Crippen molar-refractivity contribution >= 4 is 15.9 Å². The molecule has 0 aromatic heterocycles. The van der Waals surface area contributed by atoms with E-state index in [0.29, 0.717) is 13.2 Å². The molecule has 0 aliphatic carbocycles. The van der Waals surface area contributed by atoms with Crippen LogP contribution in [0.3, 0.4) is 0 Å². The maximum atomic E-state index is 5.67. The summed E-state index contributed by atoms with van der Waals surface area (Å²) in [5, 5.41) is 3.59. The van der Waals surface area contributed by atoms with Crippen LogP contribution < -0.4 is 14.8 Å². The largest absolute Gasteiger partial charge is 0.486 e. The fourth-order valence-corrected chi connectivity index (χ4v) is 3.43. The zero-order valence-corrected chi connectivity index (χ0v) is 12.2. The van der Waals surface area contributed by atoms with Gasteiger partial charge in [-0.05, 0) is 66.4 Å². The molecule has 2 aliphatic rings. The highest BCUT2D eigenvalue weighted by Gasteiger charge is 2.29. The molecule has 1 atom stereocenters. The van der Waals surface area contributed by atoms with E-state index in [2.05, 4.69) is 40.3 Å². The predicted octanol–water partition coefficient (Wildman–Crippen LogP) is 2.90. The molecule has 0 saturated carbocycles. The molecule has 1 N–H and O–H groups in total. The summed E-state index contributed by atoms with van der Waals surface area (Å²) in [6.45, 7) is 4.69. The summed E-state index contributed by atoms with van der Waals surface area (Å²) in [5.41, 5.74) is 1.52. The third-order valence-corrected chi connectivity index (χ3v) is 4.30. The highest BCUT2D eigenvalue weighted by molar-refractivity contribution is 9.10. The van der Waals surface area contributed by atoms with Crippen molar-refractivity contribution in [3.05, 3.63) is 22.2 Å². The lowest BCUT2D eigenvalue weighted by Gasteiger charge is -2.26. The number of nitrogens with one attached hydrogen (secondary N) is 1. The first-order valence-electron chi connectivity index (χ1n) is 6.49. The highest BCUT2D eigenvalue weighted by atomic mass is 79.9. The van der Waals surface area contributed by atoms with Gasteiger partial charge in [0.25, 0.3) is 0 Å².